The maximum Gasteiger partial charge on any atom is 0.150 e. The molecule has 0 bridgehead atoms. The molecule has 0 saturated heterocycles. The largest absolute Gasteiger partial charge is 0.398 e. The Morgan fingerprint density at radius 1 is 0.857 bits per heavy atom. The van der Waals surface area contributed by atoms with Crippen molar-refractivity contribution in [3.8, 4) is 11.1 Å². The van der Waals surface area contributed by atoms with Crippen LogP contribution in [0.3, 0.4) is 0 Å². The van der Waals surface area contributed by atoms with Crippen LogP contribution in [0.1, 0.15) is 0 Å². The lowest BCUT2D eigenvalue weighted by Gasteiger charge is -2.04. The van der Waals surface area contributed by atoms with E-state index in [0.29, 0.717) is 0 Å². The van der Waals surface area contributed by atoms with Crippen molar-refractivity contribution in [2.75, 3.05) is 5.73 Å². The van der Waals surface area contributed by atoms with Gasteiger partial charge in [-0.2, -0.15) is 0 Å². The van der Waals surface area contributed by atoms with Crippen molar-refractivity contribution >= 4 is 18.3 Å². The average molecular weight is 202 g/mol. The summed E-state index contributed by atoms with van der Waals surface area (Å²) in [7, 11) is 0. The summed E-state index contributed by atoms with van der Waals surface area (Å²) in [4.78, 5) is 1.07. The van der Waals surface area contributed by atoms with Crippen LogP contribution in [0.4, 0.5) is 5.69 Å². The first-order valence-electron chi connectivity index (χ1n) is 4.44. The highest BCUT2D eigenvalue weighted by Gasteiger charge is 2.01. The summed E-state index contributed by atoms with van der Waals surface area (Å²) in [6.07, 6.45) is 0. The van der Waals surface area contributed by atoms with Gasteiger partial charge in [0, 0.05) is 11.3 Å². The van der Waals surface area contributed by atoms with E-state index in [1.807, 2.05) is 48.5 Å². The predicted molar refractivity (Wildman–Crippen MR) is 64.7 cm³/mol. The highest BCUT2D eigenvalue weighted by molar-refractivity contribution is 7.58. The predicted octanol–water partition coefficient (Wildman–Crippen LogP) is 2.31. The smallest absolute Gasteiger partial charge is 0.150 e. The van der Waals surface area contributed by atoms with Gasteiger partial charge in [-0.15, -0.1) is 0 Å². The first kappa shape index (κ1) is 9.16. The Kier molecular flexibility index (Phi) is 2.46. The molecule has 0 spiro atoms. The first-order chi connectivity index (χ1) is 6.77. The van der Waals surface area contributed by atoms with Crippen LogP contribution in [0.2, 0.25) is 0 Å². The van der Waals surface area contributed by atoms with Gasteiger partial charge in [0.25, 0.3) is 0 Å². The van der Waals surface area contributed by atoms with Crippen LogP contribution in [0.25, 0.3) is 11.1 Å². The fraction of sp³-hybridized carbons (Fsp3) is 0. The van der Waals surface area contributed by atoms with Crippen molar-refractivity contribution in [1.29, 1.82) is 0 Å². The lowest BCUT2D eigenvalue weighted by Crippen LogP contribution is -1.88. The molecule has 0 amide bonds. The third-order valence-electron chi connectivity index (χ3n) is 2.16. The molecule has 0 saturated carbocycles. The molecule has 0 fully saturated rings. The summed E-state index contributed by atoms with van der Waals surface area (Å²) in [5, 5.41) is 0. The topological polar surface area (TPSA) is 26.0 Å². The van der Waals surface area contributed by atoms with Gasteiger partial charge in [0.15, 0.2) is 0 Å². The average Bonchev–Trinajstić information content (AvgIpc) is 2.20. The van der Waals surface area contributed by atoms with Crippen molar-refractivity contribution in [2.45, 2.75) is 4.90 Å². The zero-order chi connectivity index (χ0) is 9.97. The molecule has 14 heavy (non-hydrogen) atoms. The van der Waals surface area contributed by atoms with Crippen LogP contribution in [0.15, 0.2) is 53.4 Å². The maximum atomic E-state index is 5.88. The number of hydrogen-bond acceptors (Lipinski definition) is 1. The van der Waals surface area contributed by atoms with Gasteiger partial charge in [-0.3, -0.25) is 0 Å². The maximum absolute atomic E-state index is 5.88. The Morgan fingerprint density at radius 2 is 1.50 bits per heavy atom. The summed E-state index contributed by atoms with van der Waals surface area (Å²) in [6.45, 7) is 0. The number of anilines is 1. The third kappa shape index (κ3) is 1.75. The van der Waals surface area contributed by atoms with Crippen molar-refractivity contribution in [3.05, 3.63) is 48.5 Å². The molecule has 1 nitrogen and oxygen atoms in total. The van der Waals surface area contributed by atoms with Crippen LogP contribution in [0.5, 0.6) is 0 Å². The second-order valence-corrected chi connectivity index (χ2v) is 3.74. The molecule has 2 rings (SSSR count). The van der Waals surface area contributed by atoms with E-state index in [9.17, 15) is 0 Å². The standard InChI is InChI=1S/C12H11NS/c13-12-4-2-1-3-11(12)9-5-7-10(14)8-6-9/h1-8,14H,13H2/p+1. The van der Waals surface area contributed by atoms with Crippen LogP contribution < -0.4 is 5.73 Å². The quantitative estimate of drug-likeness (QED) is 0.557. The SMILES string of the molecule is Nc1ccccc1-c1ccc([SH2+])cc1. The monoisotopic (exact) mass is 202 g/mol. The number of para-hydroxylation sites is 1. The van der Waals surface area contributed by atoms with E-state index in [4.69, 9.17) is 5.73 Å². The normalized spacial score (nSPS) is 10.1. The Morgan fingerprint density at radius 3 is 2.14 bits per heavy atom. The number of rotatable bonds is 1. The number of nitrogen functional groups attached to an aromatic ring is 1. The fourth-order valence-corrected chi connectivity index (χ4v) is 1.58. The van der Waals surface area contributed by atoms with E-state index < -0.39 is 0 Å². The van der Waals surface area contributed by atoms with Crippen LogP contribution in [-0.2, 0) is 12.6 Å². The molecule has 2 N–H and O–H groups in total. The molecule has 0 aromatic heterocycles. The van der Waals surface area contributed by atoms with E-state index in [0.717, 1.165) is 21.7 Å². The Labute approximate surface area is 89.0 Å². The second kappa shape index (κ2) is 3.76. The Hall–Kier alpha value is -1.41. The molecular weight excluding hydrogens is 190 g/mol. The highest BCUT2D eigenvalue weighted by atomic mass is 32.1. The zero-order valence-corrected chi connectivity index (χ0v) is 8.70. The van der Waals surface area contributed by atoms with Crippen LogP contribution in [0, 0.1) is 0 Å². The third-order valence-corrected chi connectivity index (χ3v) is 2.49. The lowest BCUT2D eigenvalue weighted by molar-refractivity contribution is 1.47. The highest BCUT2D eigenvalue weighted by Crippen LogP contribution is 2.25. The summed E-state index contributed by atoms with van der Waals surface area (Å²) in [6, 6.07) is 16.0. The van der Waals surface area contributed by atoms with Crippen molar-refractivity contribution < 1.29 is 0 Å². The first-order valence-corrected chi connectivity index (χ1v) is 4.94. The van der Waals surface area contributed by atoms with E-state index >= 15 is 0 Å². The molecule has 2 aromatic carbocycles. The number of nitrogens with two attached hydrogens (primary N) is 1. The molecule has 0 radical (unpaired) electrons. The zero-order valence-electron chi connectivity index (χ0n) is 7.70. The van der Waals surface area contributed by atoms with Crippen molar-refractivity contribution in [1.82, 2.24) is 0 Å². The van der Waals surface area contributed by atoms with E-state index in [-0.39, 0.29) is 0 Å². The van der Waals surface area contributed by atoms with Gasteiger partial charge < -0.3 is 5.73 Å². The minimum Gasteiger partial charge on any atom is -0.398 e. The summed E-state index contributed by atoms with van der Waals surface area (Å²) in [5.74, 6) is 0. The lowest BCUT2D eigenvalue weighted by atomic mass is 10.0. The minimum absolute atomic E-state index is 0.814. The molecule has 0 aliphatic carbocycles. The molecule has 0 aliphatic heterocycles. The second-order valence-electron chi connectivity index (χ2n) is 3.16. The molecule has 0 heterocycles. The molecule has 2 heteroatoms. The van der Waals surface area contributed by atoms with Gasteiger partial charge in [0.1, 0.15) is 4.90 Å². The number of benzene rings is 2. The Bertz CT molecular complexity index is 434. The molecule has 0 aliphatic rings. The van der Waals surface area contributed by atoms with E-state index in [1.54, 1.807) is 0 Å². The summed E-state index contributed by atoms with van der Waals surface area (Å²) in [5.41, 5.74) is 8.92. The molecule has 70 valence electrons. The van der Waals surface area contributed by atoms with E-state index in [2.05, 4.69) is 12.6 Å². The summed E-state index contributed by atoms with van der Waals surface area (Å²) >= 11 is 3.45. The van der Waals surface area contributed by atoms with Crippen LogP contribution in [-0.4, -0.2) is 0 Å². The van der Waals surface area contributed by atoms with Gasteiger partial charge in [-0.05, 0) is 48.5 Å². The van der Waals surface area contributed by atoms with Gasteiger partial charge >= 0.3 is 0 Å². The molecule has 0 atom stereocenters. The van der Waals surface area contributed by atoms with Crippen molar-refractivity contribution in [2.24, 2.45) is 0 Å². The van der Waals surface area contributed by atoms with Crippen molar-refractivity contribution in [3.63, 3.8) is 0 Å². The van der Waals surface area contributed by atoms with Crippen LogP contribution >= 0.6 is 0 Å². The Balaban J connectivity index is 2.50. The molecule has 2 aromatic rings. The number of hydrogen-bond donors (Lipinski definition) is 1. The van der Waals surface area contributed by atoms with E-state index in [1.165, 1.54) is 0 Å². The molecular formula is C12H12NS+. The molecule has 0 unspecified atom stereocenters. The van der Waals surface area contributed by atoms with Gasteiger partial charge in [0.05, 0.1) is 0 Å². The van der Waals surface area contributed by atoms with Gasteiger partial charge in [-0.25, -0.2) is 0 Å². The minimum atomic E-state index is 0.814. The summed E-state index contributed by atoms with van der Waals surface area (Å²) < 4.78 is 0. The van der Waals surface area contributed by atoms with Gasteiger partial charge in [0.2, 0.25) is 0 Å². The van der Waals surface area contributed by atoms with Gasteiger partial charge in [-0.1, -0.05) is 18.2 Å². The fourth-order valence-electron chi connectivity index (χ4n) is 1.41.